The maximum absolute atomic E-state index is 12.8. The first kappa shape index (κ1) is 24.7. The lowest BCUT2D eigenvalue weighted by Crippen LogP contribution is -2.45. The third kappa shape index (κ3) is 4.07. The maximum atomic E-state index is 12.8. The van der Waals surface area contributed by atoms with Gasteiger partial charge in [0.05, 0.1) is 0 Å². The number of aromatic hydroxyl groups is 10. The Hall–Kier alpha value is -3.93. The minimum absolute atomic E-state index is 0.0238. The van der Waals surface area contributed by atoms with E-state index >= 15 is 0 Å². The molecule has 10 N–H and O–H groups in total. The van der Waals surface area contributed by atoms with Crippen molar-refractivity contribution in [1.82, 2.24) is 4.90 Å². The average Bonchev–Trinajstić information content (AvgIpc) is 2.81. The summed E-state index contributed by atoms with van der Waals surface area (Å²) in [4.78, 5) is 14.7. The van der Waals surface area contributed by atoms with Crippen LogP contribution >= 0.6 is 0 Å². The molecule has 1 aliphatic heterocycles. The van der Waals surface area contributed by atoms with Gasteiger partial charge in [-0.1, -0.05) is 6.42 Å². The SMILES string of the molecule is CN1C(CCc2c(O)c(O)c(O)c(O)c2O)CCCC1CC(=O)c1c(O)c(O)c(O)c(O)c1O. The van der Waals surface area contributed by atoms with Gasteiger partial charge in [0.2, 0.25) is 34.5 Å². The van der Waals surface area contributed by atoms with E-state index in [9.17, 15) is 55.9 Å². The number of ketones is 1. The zero-order valence-electron chi connectivity index (χ0n) is 18.2. The molecule has 12 nitrogen and oxygen atoms in total. The Kier molecular flexibility index (Phi) is 6.64. The summed E-state index contributed by atoms with van der Waals surface area (Å²) < 4.78 is 0. The molecule has 0 aliphatic carbocycles. The van der Waals surface area contributed by atoms with Gasteiger partial charge in [-0.2, -0.15) is 0 Å². The highest BCUT2D eigenvalue weighted by molar-refractivity contribution is 6.03. The van der Waals surface area contributed by atoms with Crippen molar-refractivity contribution in [2.75, 3.05) is 7.05 Å². The summed E-state index contributed by atoms with van der Waals surface area (Å²) >= 11 is 0. The number of phenolic OH excluding ortho intramolecular Hbond substituents is 10. The van der Waals surface area contributed by atoms with E-state index in [2.05, 4.69) is 0 Å². The second-order valence-corrected chi connectivity index (χ2v) is 8.41. The Morgan fingerprint density at radius 3 is 1.59 bits per heavy atom. The third-order valence-corrected chi connectivity index (χ3v) is 6.49. The van der Waals surface area contributed by atoms with Crippen LogP contribution in [0.5, 0.6) is 57.5 Å². The van der Waals surface area contributed by atoms with Gasteiger partial charge in [-0.15, -0.1) is 0 Å². The van der Waals surface area contributed by atoms with E-state index in [0.717, 1.165) is 0 Å². The Morgan fingerprint density at radius 1 is 0.676 bits per heavy atom. The highest BCUT2D eigenvalue weighted by Gasteiger charge is 2.33. The van der Waals surface area contributed by atoms with Gasteiger partial charge in [-0.25, -0.2) is 0 Å². The maximum Gasteiger partial charge on any atom is 0.208 e. The van der Waals surface area contributed by atoms with E-state index in [1.54, 1.807) is 7.05 Å². The summed E-state index contributed by atoms with van der Waals surface area (Å²) in [7, 11) is 1.73. The number of likely N-dealkylation sites (tertiary alicyclic amines) is 1. The molecular formula is C22H27NO11. The molecule has 12 heteroatoms. The van der Waals surface area contributed by atoms with E-state index < -0.39 is 68.8 Å². The first-order valence-corrected chi connectivity index (χ1v) is 10.5. The Labute approximate surface area is 193 Å². The van der Waals surface area contributed by atoms with Gasteiger partial charge in [-0.05, 0) is 32.7 Å². The second-order valence-electron chi connectivity index (χ2n) is 8.41. The van der Waals surface area contributed by atoms with Gasteiger partial charge in [0.25, 0.3) is 0 Å². The monoisotopic (exact) mass is 481 g/mol. The number of carbonyl (C=O) groups is 1. The molecule has 186 valence electrons. The number of Topliss-reactive ketones (excluding diaryl/α,β-unsaturated/α-hetero) is 1. The fourth-order valence-electron chi connectivity index (χ4n) is 4.44. The smallest absolute Gasteiger partial charge is 0.208 e. The summed E-state index contributed by atoms with van der Waals surface area (Å²) in [5, 5.41) is 97.9. The number of rotatable bonds is 6. The topological polar surface area (TPSA) is 223 Å². The molecule has 0 amide bonds. The molecule has 2 unspecified atom stereocenters. The molecule has 1 heterocycles. The molecule has 3 rings (SSSR count). The van der Waals surface area contributed by atoms with Crippen molar-refractivity contribution in [1.29, 1.82) is 0 Å². The summed E-state index contributed by atoms with van der Waals surface area (Å²) in [6.45, 7) is 0. The summed E-state index contributed by atoms with van der Waals surface area (Å²) in [5.41, 5.74) is -0.863. The number of benzene rings is 2. The van der Waals surface area contributed by atoms with Crippen molar-refractivity contribution in [3.63, 3.8) is 0 Å². The quantitative estimate of drug-likeness (QED) is 0.162. The van der Waals surface area contributed by atoms with E-state index in [4.69, 9.17) is 0 Å². The minimum atomic E-state index is -1.15. The normalized spacial score (nSPS) is 18.7. The van der Waals surface area contributed by atoms with Crippen LogP contribution < -0.4 is 0 Å². The highest BCUT2D eigenvalue weighted by Crippen LogP contribution is 2.52. The summed E-state index contributed by atoms with van der Waals surface area (Å²) in [5.74, 6) is -10.7. The third-order valence-electron chi connectivity index (χ3n) is 6.49. The van der Waals surface area contributed by atoms with Gasteiger partial charge < -0.3 is 56.0 Å². The van der Waals surface area contributed by atoms with Crippen LogP contribution in [0.15, 0.2) is 0 Å². The Morgan fingerprint density at radius 2 is 1.09 bits per heavy atom. The molecule has 1 fully saturated rings. The molecule has 1 aliphatic rings. The lowest BCUT2D eigenvalue weighted by Gasteiger charge is -2.39. The lowest BCUT2D eigenvalue weighted by atomic mass is 9.88. The predicted molar refractivity (Wildman–Crippen MR) is 116 cm³/mol. The molecule has 0 spiro atoms. The molecule has 2 aromatic carbocycles. The van der Waals surface area contributed by atoms with E-state index in [1.807, 2.05) is 4.90 Å². The minimum Gasteiger partial charge on any atom is -0.504 e. The molecule has 0 saturated carbocycles. The van der Waals surface area contributed by atoms with Crippen LogP contribution in [0.3, 0.4) is 0 Å². The van der Waals surface area contributed by atoms with Crippen molar-refractivity contribution in [2.24, 2.45) is 0 Å². The van der Waals surface area contributed by atoms with Crippen molar-refractivity contribution in [2.45, 2.75) is 50.6 Å². The lowest BCUT2D eigenvalue weighted by molar-refractivity contribution is 0.0780. The second kappa shape index (κ2) is 9.14. The number of hydrogen-bond donors (Lipinski definition) is 10. The zero-order chi connectivity index (χ0) is 25.5. The van der Waals surface area contributed by atoms with E-state index in [1.165, 1.54) is 0 Å². The molecule has 0 bridgehead atoms. The molecule has 2 aromatic rings. The van der Waals surface area contributed by atoms with E-state index in [0.29, 0.717) is 25.7 Å². The van der Waals surface area contributed by atoms with Crippen molar-refractivity contribution >= 4 is 5.78 Å². The predicted octanol–water partition coefficient (Wildman–Crippen LogP) is 1.80. The standard InChI is InChI=1S/C22H27NO11/c1-23-8(5-6-10-13(25)17(29)21(33)18(30)14(10)26)3-2-4-9(23)7-11(24)12-15(27)19(31)22(34)20(32)16(12)28/h8-9,25-34H,2-7H2,1H3. The molecule has 1 saturated heterocycles. The molecule has 34 heavy (non-hydrogen) atoms. The largest absolute Gasteiger partial charge is 0.504 e. The first-order valence-electron chi connectivity index (χ1n) is 10.5. The molecule has 0 aromatic heterocycles. The van der Waals surface area contributed by atoms with Crippen LogP contribution in [0.25, 0.3) is 0 Å². The number of nitrogens with zero attached hydrogens (tertiary/aromatic N) is 1. The van der Waals surface area contributed by atoms with Crippen LogP contribution in [0, 0.1) is 0 Å². The van der Waals surface area contributed by atoms with Gasteiger partial charge in [-0.3, -0.25) is 4.79 Å². The van der Waals surface area contributed by atoms with Crippen molar-refractivity contribution < 1.29 is 55.9 Å². The van der Waals surface area contributed by atoms with Crippen LogP contribution in [0.4, 0.5) is 0 Å². The van der Waals surface area contributed by atoms with Crippen LogP contribution in [0.2, 0.25) is 0 Å². The van der Waals surface area contributed by atoms with Crippen LogP contribution in [-0.4, -0.2) is 80.9 Å². The Balaban J connectivity index is 1.76. The molecule has 0 radical (unpaired) electrons. The van der Waals surface area contributed by atoms with Gasteiger partial charge in [0.15, 0.2) is 28.8 Å². The first-order chi connectivity index (χ1) is 15.9. The van der Waals surface area contributed by atoms with Crippen molar-refractivity contribution in [3.8, 4) is 57.5 Å². The number of carbonyl (C=O) groups excluding carboxylic acids is 1. The number of piperidine rings is 1. The number of hydrogen-bond acceptors (Lipinski definition) is 12. The Bertz CT molecular complexity index is 1070. The number of phenols is 10. The summed E-state index contributed by atoms with van der Waals surface area (Å²) in [6.07, 6.45) is 2.12. The molecule has 2 atom stereocenters. The fourth-order valence-corrected chi connectivity index (χ4v) is 4.44. The fraction of sp³-hybridized carbons (Fsp3) is 0.409. The average molecular weight is 481 g/mol. The van der Waals surface area contributed by atoms with Gasteiger partial charge in [0, 0.05) is 24.1 Å². The zero-order valence-corrected chi connectivity index (χ0v) is 18.2. The highest BCUT2D eigenvalue weighted by atomic mass is 16.4. The van der Waals surface area contributed by atoms with Crippen molar-refractivity contribution in [3.05, 3.63) is 11.1 Å². The van der Waals surface area contributed by atoms with E-state index in [-0.39, 0.29) is 30.5 Å². The summed E-state index contributed by atoms with van der Waals surface area (Å²) in [6, 6.07) is -0.529. The molecular weight excluding hydrogens is 454 g/mol. The van der Waals surface area contributed by atoms with Crippen LogP contribution in [-0.2, 0) is 6.42 Å². The van der Waals surface area contributed by atoms with Gasteiger partial charge in [0.1, 0.15) is 5.56 Å². The van der Waals surface area contributed by atoms with Crippen LogP contribution in [0.1, 0.15) is 48.0 Å². The van der Waals surface area contributed by atoms with Gasteiger partial charge >= 0.3 is 0 Å².